The number of rotatable bonds is 5. The van der Waals surface area contributed by atoms with E-state index in [1.54, 1.807) is 0 Å². The minimum absolute atomic E-state index is 0.152. The quantitative estimate of drug-likeness (QED) is 0.874. The van der Waals surface area contributed by atoms with Crippen LogP contribution in [-0.4, -0.2) is 39.3 Å². The maximum Gasteiger partial charge on any atom is 0.356 e. The average Bonchev–Trinajstić information content (AvgIpc) is 3.21. The van der Waals surface area contributed by atoms with Gasteiger partial charge in [0.05, 0.1) is 6.61 Å². The number of nitrogens with one attached hydrogen (secondary N) is 1. The first-order valence-electron chi connectivity index (χ1n) is 8.95. The van der Waals surface area contributed by atoms with Crippen LogP contribution in [0, 0.1) is 0 Å². The highest BCUT2D eigenvalue weighted by Gasteiger charge is 2.26. The zero-order valence-electron chi connectivity index (χ0n) is 14.5. The van der Waals surface area contributed by atoms with Gasteiger partial charge in [0.25, 0.3) is 0 Å². The molecule has 6 nitrogen and oxygen atoms in total. The number of ether oxygens (including phenoxy) is 1. The van der Waals surface area contributed by atoms with Gasteiger partial charge in [-0.15, -0.1) is 0 Å². The Bertz CT molecular complexity index is 812. The van der Waals surface area contributed by atoms with E-state index in [2.05, 4.69) is 27.2 Å². The highest BCUT2D eigenvalue weighted by molar-refractivity contribution is 5.87. The van der Waals surface area contributed by atoms with E-state index < -0.39 is 5.97 Å². The molecule has 0 amide bonds. The number of carboxylic acid groups (broad SMARTS) is 1. The summed E-state index contributed by atoms with van der Waals surface area (Å²) in [6, 6.07) is 4.49. The predicted molar refractivity (Wildman–Crippen MR) is 93.0 cm³/mol. The molecule has 1 aromatic carbocycles. The normalized spacial score (nSPS) is 16.5. The number of aryl methyl sites for hydroxylation is 2. The molecule has 2 N–H and O–H groups in total. The van der Waals surface area contributed by atoms with Crippen LogP contribution in [0.4, 0.5) is 0 Å². The summed E-state index contributed by atoms with van der Waals surface area (Å²) in [5, 5.41) is 16.1. The fourth-order valence-corrected chi connectivity index (χ4v) is 3.97. The van der Waals surface area contributed by atoms with E-state index in [4.69, 9.17) is 4.74 Å². The molecule has 25 heavy (non-hydrogen) atoms. The molecule has 2 aromatic rings. The van der Waals surface area contributed by atoms with Gasteiger partial charge < -0.3 is 9.84 Å². The molecule has 1 aliphatic heterocycles. The monoisotopic (exact) mass is 341 g/mol. The highest BCUT2D eigenvalue weighted by atomic mass is 16.5. The second kappa shape index (κ2) is 6.52. The van der Waals surface area contributed by atoms with Gasteiger partial charge in [-0.3, -0.25) is 10.00 Å². The number of benzene rings is 1. The summed E-state index contributed by atoms with van der Waals surface area (Å²) in [7, 11) is 0. The molecule has 6 heteroatoms. The summed E-state index contributed by atoms with van der Waals surface area (Å²) in [4.78, 5) is 13.6. The highest BCUT2D eigenvalue weighted by Crippen LogP contribution is 2.32. The lowest BCUT2D eigenvalue weighted by atomic mass is 10.0. The number of aromatic carboxylic acids is 1. The van der Waals surface area contributed by atoms with Gasteiger partial charge in [-0.05, 0) is 43.4 Å². The Balaban J connectivity index is 1.58. The smallest absolute Gasteiger partial charge is 0.356 e. The van der Waals surface area contributed by atoms with Crippen molar-refractivity contribution in [1.29, 1.82) is 0 Å². The van der Waals surface area contributed by atoms with Crippen molar-refractivity contribution in [3.05, 3.63) is 45.8 Å². The SMILES string of the molecule is CCOc1cc2c(cc1CN1CCc3[nH]nc(C(=O)O)c3C1)CCC2. The lowest BCUT2D eigenvalue weighted by Gasteiger charge is -2.27. The van der Waals surface area contributed by atoms with Gasteiger partial charge in [0.2, 0.25) is 0 Å². The van der Waals surface area contributed by atoms with Crippen LogP contribution in [0.1, 0.15) is 51.8 Å². The first kappa shape index (κ1) is 16.1. The third-order valence-electron chi connectivity index (χ3n) is 5.18. The molecular weight excluding hydrogens is 318 g/mol. The van der Waals surface area contributed by atoms with Crippen molar-refractivity contribution in [2.75, 3.05) is 13.2 Å². The molecule has 132 valence electrons. The largest absolute Gasteiger partial charge is 0.494 e. The van der Waals surface area contributed by atoms with Crippen LogP contribution in [0.3, 0.4) is 0 Å². The minimum atomic E-state index is -0.966. The molecule has 0 fully saturated rings. The Morgan fingerprint density at radius 3 is 2.88 bits per heavy atom. The van der Waals surface area contributed by atoms with Crippen molar-refractivity contribution >= 4 is 5.97 Å². The molecule has 0 bridgehead atoms. The summed E-state index contributed by atoms with van der Waals surface area (Å²) >= 11 is 0. The molecule has 2 aliphatic rings. The Labute approximate surface area is 146 Å². The minimum Gasteiger partial charge on any atom is -0.494 e. The number of hydrogen-bond acceptors (Lipinski definition) is 4. The zero-order valence-corrected chi connectivity index (χ0v) is 14.5. The number of aromatic amines is 1. The van der Waals surface area contributed by atoms with E-state index >= 15 is 0 Å². The second-order valence-electron chi connectivity index (χ2n) is 6.81. The van der Waals surface area contributed by atoms with Crippen molar-refractivity contribution in [2.24, 2.45) is 0 Å². The number of carbonyl (C=O) groups is 1. The average molecular weight is 341 g/mol. The Morgan fingerprint density at radius 1 is 1.32 bits per heavy atom. The lowest BCUT2D eigenvalue weighted by molar-refractivity contribution is 0.0687. The van der Waals surface area contributed by atoms with Crippen molar-refractivity contribution in [1.82, 2.24) is 15.1 Å². The third kappa shape index (κ3) is 3.02. The number of nitrogens with zero attached hydrogens (tertiary/aromatic N) is 2. The van der Waals surface area contributed by atoms with Crippen molar-refractivity contribution in [3.8, 4) is 5.75 Å². The standard InChI is InChI=1S/C19H23N3O3/c1-2-25-17-9-13-5-3-4-12(13)8-14(17)10-22-7-6-16-15(11-22)18(19(23)24)21-20-16/h8-9H,2-7,10-11H2,1H3,(H,20,21)(H,23,24). The van der Waals surface area contributed by atoms with Crippen molar-refractivity contribution in [3.63, 3.8) is 0 Å². The Kier molecular flexibility index (Phi) is 4.21. The molecule has 0 radical (unpaired) electrons. The molecule has 1 aliphatic carbocycles. The van der Waals surface area contributed by atoms with Crippen molar-refractivity contribution in [2.45, 2.75) is 45.7 Å². The molecule has 0 unspecified atom stereocenters. The molecule has 0 atom stereocenters. The number of hydrogen-bond donors (Lipinski definition) is 2. The lowest BCUT2D eigenvalue weighted by Crippen LogP contribution is -2.30. The van der Waals surface area contributed by atoms with Crippen LogP contribution in [0.2, 0.25) is 0 Å². The van der Waals surface area contributed by atoms with Gasteiger partial charge >= 0.3 is 5.97 Å². The van der Waals surface area contributed by atoms with E-state index in [9.17, 15) is 9.90 Å². The third-order valence-corrected chi connectivity index (χ3v) is 5.18. The molecule has 4 rings (SSSR count). The van der Waals surface area contributed by atoms with Crippen LogP contribution in [0.15, 0.2) is 12.1 Å². The Hall–Kier alpha value is -2.34. The number of H-pyrrole nitrogens is 1. The van der Waals surface area contributed by atoms with E-state index in [1.807, 2.05) is 6.92 Å². The maximum atomic E-state index is 11.3. The topological polar surface area (TPSA) is 78.5 Å². The summed E-state index contributed by atoms with van der Waals surface area (Å²) in [6.45, 7) is 4.93. The zero-order chi connectivity index (χ0) is 17.4. The van der Waals surface area contributed by atoms with Gasteiger partial charge in [0.15, 0.2) is 5.69 Å². The van der Waals surface area contributed by atoms with Gasteiger partial charge in [0.1, 0.15) is 5.75 Å². The van der Waals surface area contributed by atoms with Crippen LogP contribution in [0.5, 0.6) is 5.75 Å². The predicted octanol–water partition coefficient (Wildman–Crippen LogP) is 2.55. The van der Waals surface area contributed by atoms with Crippen molar-refractivity contribution < 1.29 is 14.6 Å². The maximum absolute atomic E-state index is 11.3. The number of aromatic nitrogens is 2. The number of carboxylic acids is 1. The Morgan fingerprint density at radius 2 is 2.12 bits per heavy atom. The summed E-state index contributed by atoms with van der Waals surface area (Å²) in [6.07, 6.45) is 4.29. The molecule has 1 aromatic heterocycles. The van der Waals surface area contributed by atoms with Crippen LogP contribution in [-0.2, 0) is 32.4 Å². The molecule has 2 heterocycles. The molecule has 0 spiro atoms. The summed E-state index contributed by atoms with van der Waals surface area (Å²) < 4.78 is 5.88. The van der Waals surface area contributed by atoms with Crippen LogP contribution >= 0.6 is 0 Å². The molecule has 0 saturated carbocycles. The fourth-order valence-electron chi connectivity index (χ4n) is 3.97. The molecular formula is C19H23N3O3. The van der Waals surface area contributed by atoms with E-state index in [0.717, 1.165) is 49.4 Å². The summed E-state index contributed by atoms with van der Waals surface area (Å²) in [5.41, 5.74) is 5.97. The second-order valence-corrected chi connectivity index (χ2v) is 6.81. The van der Waals surface area contributed by atoms with Gasteiger partial charge in [-0.25, -0.2) is 4.79 Å². The van der Waals surface area contributed by atoms with Gasteiger partial charge in [0, 0.05) is 42.9 Å². The van der Waals surface area contributed by atoms with Gasteiger partial charge in [-0.2, -0.15) is 5.10 Å². The van der Waals surface area contributed by atoms with E-state index in [-0.39, 0.29) is 5.69 Å². The fraction of sp³-hybridized carbons (Fsp3) is 0.474. The van der Waals surface area contributed by atoms with Crippen LogP contribution in [0.25, 0.3) is 0 Å². The summed E-state index contributed by atoms with van der Waals surface area (Å²) in [5.74, 6) is 0.00600. The van der Waals surface area contributed by atoms with Crippen LogP contribution < -0.4 is 4.74 Å². The van der Waals surface area contributed by atoms with Gasteiger partial charge in [-0.1, -0.05) is 6.07 Å². The van der Waals surface area contributed by atoms with E-state index in [1.165, 1.54) is 23.1 Å². The molecule has 0 saturated heterocycles. The first-order valence-corrected chi connectivity index (χ1v) is 8.95. The van der Waals surface area contributed by atoms with E-state index in [0.29, 0.717) is 13.2 Å². The first-order chi connectivity index (χ1) is 12.2. The number of fused-ring (bicyclic) bond motifs is 2.